The monoisotopic (exact) mass is 372 g/mol. The molecule has 0 spiro atoms. The maximum Gasteiger partial charge on any atom is 0.251 e. The number of rotatable bonds is 8. The summed E-state index contributed by atoms with van der Waals surface area (Å²) in [6.07, 6.45) is 2.68. The molecule has 0 saturated carbocycles. The van der Waals surface area contributed by atoms with Gasteiger partial charge in [0.1, 0.15) is 0 Å². The first-order valence-corrected chi connectivity index (χ1v) is 10.6. The van der Waals surface area contributed by atoms with E-state index >= 15 is 0 Å². The molecule has 0 aromatic heterocycles. The van der Waals surface area contributed by atoms with Crippen molar-refractivity contribution in [1.29, 1.82) is 0 Å². The van der Waals surface area contributed by atoms with E-state index in [-0.39, 0.29) is 11.9 Å². The second-order valence-electron chi connectivity index (χ2n) is 6.70. The van der Waals surface area contributed by atoms with Gasteiger partial charge < -0.3 is 10.2 Å². The average molecular weight is 373 g/mol. The van der Waals surface area contributed by atoms with Gasteiger partial charge in [-0.3, -0.25) is 9.00 Å². The first kappa shape index (κ1) is 20.3. The van der Waals surface area contributed by atoms with Gasteiger partial charge in [0.25, 0.3) is 5.91 Å². The third-order valence-electron chi connectivity index (χ3n) is 4.41. The molecule has 0 bridgehead atoms. The summed E-state index contributed by atoms with van der Waals surface area (Å²) in [6, 6.07) is 16.0. The van der Waals surface area contributed by atoms with E-state index in [9.17, 15) is 9.00 Å². The summed E-state index contributed by atoms with van der Waals surface area (Å²) in [5.74, 6) is 0.358. The summed E-state index contributed by atoms with van der Waals surface area (Å²) in [7, 11) is 3.11. The molecule has 0 heterocycles. The first-order valence-electron chi connectivity index (χ1n) is 8.83. The van der Waals surface area contributed by atoms with Crippen molar-refractivity contribution < 1.29 is 9.00 Å². The van der Waals surface area contributed by atoms with Crippen LogP contribution in [-0.2, 0) is 23.0 Å². The summed E-state index contributed by atoms with van der Waals surface area (Å²) in [5.41, 5.74) is 4.01. The van der Waals surface area contributed by atoms with Crippen LogP contribution in [0.5, 0.6) is 0 Å². The van der Waals surface area contributed by atoms with Gasteiger partial charge in [0.05, 0.1) is 6.04 Å². The topological polar surface area (TPSA) is 49.4 Å². The summed E-state index contributed by atoms with van der Waals surface area (Å²) in [6.45, 7) is 2.67. The third-order valence-corrected chi connectivity index (χ3v) is 5.15. The Bertz CT molecular complexity index is 757. The zero-order chi connectivity index (χ0) is 19.1. The minimum absolute atomic E-state index is 0.106. The van der Waals surface area contributed by atoms with E-state index in [1.165, 1.54) is 11.1 Å². The fourth-order valence-corrected chi connectivity index (χ4v) is 3.55. The van der Waals surface area contributed by atoms with Gasteiger partial charge in [0, 0.05) is 34.9 Å². The number of aryl methyl sites for hydroxylation is 1. The summed E-state index contributed by atoms with van der Waals surface area (Å²) in [4.78, 5) is 14.6. The average Bonchev–Trinajstić information content (AvgIpc) is 2.61. The molecule has 2 unspecified atom stereocenters. The molecule has 2 aromatic rings. The minimum atomic E-state index is -0.921. The largest absolute Gasteiger partial charge is 0.350 e. The SMILES string of the molecule is CCc1ccc(C(CNC(=O)c2cccc(CS(C)=O)c2)N(C)C)cc1. The van der Waals surface area contributed by atoms with Gasteiger partial charge in [-0.25, -0.2) is 0 Å². The highest BCUT2D eigenvalue weighted by Crippen LogP contribution is 2.18. The van der Waals surface area contributed by atoms with Crippen LogP contribution in [0, 0.1) is 0 Å². The van der Waals surface area contributed by atoms with Crippen molar-refractivity contribution in [2.24, 2.45) is 0 Å². The molecule has 1 N–H and O–H groups in total. The Morgan fingerprint density at radius 2 is 1.81 bits per heavy atom. The van der Waals surface area contributed by atoms with Gasteiger partial charge >= 0.3 is 0 Å². The highest BCUT2D eigenvalue weighted by atomic mass is 32.2. The van der Waals surface area contributed by atoms with Crippen LogP contribution in [0.4, 0.5) is 0 Å². The predicted octanol–water partition coefficient (Wildman–Crippen LogP) is 3.16. The van der Waals surface area contributed by atoms with Gasteiger partial charge in [0.15, 0.2) is 0 Å². The summed E-state index contributed by atoms with van der Waals surface area (Å²) in [5, 5.41) is 3.03. The summed E-state index contributed by atoms with van der Waals surface area (Å²) >= 11 is 0. The Morgan fingerprint density at radius 1 is 1.12 bits per heavy atom. The van der Waals surface area contributed by atoms with Crippen LogP contribution in [0.1, 0.15) is 40.0 Å². The molecule has 0 saturated heterocycles. The molecule has 0 fully saturated rings. The molecule has 5 heteroatoms. The van der Waals surface area contributed by atoms with Gasteiger partial charge in [0.2, 0.25) is 0 Å². The summed E-state index contributed by atoms with van der Waals surface area (Å²) < 4.78 is 11.4. The molecule has 2 atom stereocenters. The molecule has 2 rings (SSSR count). The Balaban J connectivity index is 2.06. The van der Waals surface area contributed by atoms with Crippen LogP contribution in [0.25, 0.3) is 0 Å². The molecule has 0 radical (unpaired) electrons. The molecule has 0 aliphatic carbocycles. The number of hydrogen-bond acceptors (Lipinski definition) is 3. The number of carbonyl (C=O) groups excluding carboxylic acids is 1. The molecule has 26 heavy (non-hydrogen) atoms. The van der Waals surface area contributed by atoms with Crippen LogP contribution >= 0.6 is 0 Å². The fraction of sp³-hybridized carbons (Fsp3) is 0.381. The number of benzene rings is 2. The normalized spacial score (nSPS) is 13.4. The predicted molar refractivity (Wildman–Crippen MR) is 109 cm³/mol. The molecular weight excluding hydrogens is 344 g/mol. The number of carbonyl (C=O) groups is 1. The minimum Gasteiger partial charge on any atom is -0.350 e. The second kappa shape index (κ2) is 9.64. The van der Waals surface area contributed by atoms with Crippen LogP contribution in [0.15, 0.2) is 48.5 Å². The molecule has 2 aromatic carbocycles. The van der Waals surface area contributed by atoms with E-state index in [1.807, 2.05) is 32.3 Å². The zero-order valence-corrected chi connectivity index (χ0v) is 16.8. The number of likely N-dealkylation sites (N-methyl/N-ethyl adjacent to an activating group) is 1. The van der Waals surface area contributed by atoms with Crippen molar-refractivity contribution in [2.45, 2.75) is 25.1 Å². The first-order chi connectivity index (χ1) is 12.4. The van der Waals surface area contributed by atoms with Crippen LogP contribution in [0.3, 0.4) is 0 Å². The Kier molecular flexibility index (Phi) is 7.54. The maximum absolute atomic E-state index is 12.5. The third kappa shape index (κ3) is 5.78. The lowest BCUT2D eigenvalue weighted by molar-refractivity contribution is 0.0942. The fourth-order valence-electron chi connectivity index (χ4n) is 2.90. The van der Waals surface area contributed by atoms with Crippen molar-refractivity contribution in [1.82, 2.24) is 10.2 Å². The van der Waals surface area contributed by atoms with Crippen LogP contribution in [-0.4, -0.2) is 41.9 Å². The number of hydrogen-bond donors (Lipinski definition) is 1. The van der Waals surface area contributed by atoms with Gasteiger partial charge in [-0.15, -0.1) is 0 Å². The van der Waals surface area contributed by atoms with Gasteiger partial charge in [-0.05, 0) is 49.3 Å². The van der Waals surface area contributed by atoms with Gasteiger partial charge in [-0.2, -0.15) is 0 Å². The maximum atomic E-state index is 12.5. The molecule has 140 valence electrons. The number of amides is 1. The second-order valence-corrected chi connectivity index (χ2v) is 8.14. The van der Waals surface area contributed by atoms with E-state index < -0.39 is 10.8 Å². The van der Waals surface area contributed by atoms with E-state index in [0.717, 1.165) is 12.0 Å². The Morgan fingerprint density at radius 3 is 2.38 bits per heavy atom. The van der Waals surface area contributed by atoms with Crippen LogP contribution < -0.4 is 5.32 Å². The smallest absolute Gasteiger partial charge is 0.251 e. The molecule has 0 aliphatic rings. The van der Waals surface area contributed by atoms with Crippen molar-refractivity contribution in [3.63, 3.8) is 0 Å². The molecule has 1 amide bonds. The molecular formula is C21H28N2O2S. The lowest BCUT2D eigenvalue weighted by Crippen LogP contribution is -2.34. The lowest BCUT2D eigenvalue weighted by atomic mass is 10.0. The number of nitrogens with one attached hydrogen (secondary N) is 1. The van der Waals surface area contributed by atoms with Crippen molar-refractivity contribution in [3.8, 4) is 0 Å². The van der Waals surface area contributed by atoms with Crippen molar-refractivity contribution >= 4 is 16.7 Å². The standard InChI is InChI=1S/C21H28N2O2S/c1-5-16-9-11-18(12-10-16)20(23(2)3)14-22-21(24)19-8-6-7-17(13-19)15-26(4)25/h6-13,20H,5,14-15H2,1-4H3,(H,22,24). The quantitative estimate of drug-likeness (QED) is 0.774. The highest BCUT2D eigenvalue weighted by Gasteiger charge is 2.16. The molecule has 4 nitrogen and oxygen atoms in total. The van der Waals surface area contributed by atoms with Crippen molar-refractivity contribution in [2.75, 3.05) is 26.9 Å². The Labute approximate surface area is 159 Å². The van der Waals surface area contributed by atoms with Crippen molar-refractivity contribution in [3.05, 3.63) is 70.8 Å². The van der Waals surface area contributed by atoms with E-state index in [4.69, 9.17) is 0 Å². The van der Waals surface area contributed by atoms with Crippen LogP contribution in [0.2, 0.25) is 0 Å². The van der Waals surface area contributed by atoms with E-state index in [0.29, 0.717) is 17.9 Å². The highest BCUT2D eigenvalue weighted by molar-refractivity contribution is 7.83. The van der Waals surface area contributed by atoms with E-state index in [2.05, 4.69) is 41.4 Å². The van der Waals surface area contributed by atoms with Gasteiger partial charge in [-0.1, -0.05) is 43.3 Å². The van der Waals surface area contributed by atoms with E-state index in [1.54, 1.807) is 12.3 Å². The number of nitrogens with zero attached hydrogens (tertiary/aromatic N) is 1. The zero-order valence-electron chi connectivity index (χ0n) is 16.0. The Hall–Kier alpha value is -1.98. The lowest BCUT2D eigenvalue weighted by Gasteiger charge is -2.25. The molecule has 0 aliphatic heterocycles.